The number of carbonyl (C=O) groups is 2. The maximum atomic E-state index is 11.6. The molecule has 1 N–H and O–H groups in total. The van der Waals surface area contributed by atoms with Crippen molar-refractivity contribution in [3.8, 4) is 0 Å². The maximum absolute atomic E-state index is 11.6. The molecule has 0 amide bonds. The number of hydrogen-bond donors (Lipinski definition) is 1. The maximum Gasteiger partial charge on any atom is 0.354 e. The van der Waals surface area contributed by atoms with E-state index in [-0.39, 0.29) is 26.6 Å². The highest BCUT2D eigenvalue weighted by Gasteiger charge is 2.19. The SMILES string of the molecule is COC(=O)/C=C(/Nc1cc([N+](=O)[O-])c(Br)cc1Cl)C(=O)OC. The van der Waals surface area contributed by atoms with Gasteiger partial charge in [0, 0.05) is 6.07 Å². The largest absolute Gasteiger partial charge is 0.466 e. The molecule has 1 aromatic carbocycles. The Labute approximate surface area is 138 Å². The van der Waals surface area contributed by atoms with Crippen LogP contribution in [0.15, 0.2) is 28.4 Å². The molecule has 0 aliphatic heterocycles. The number of esters is 2. The van der Waals surface area contributed by atoms with Gasteiger partial charge in [-0.3, -0.25) is 10.1 Å². The van der Waals surface area contributed by atoms with Gasteiger partial charge in [0.1, 0.15) is 5.70 Å². The van der Waals surface area contributed by atoms with E-state index in [4.69, 9.17) is 11.6 Å². The molecule has 0 saturated heterocycles. The van der Waals surface area contributed by atoms with Crippen LogP contribution in [-0.4, -0.2) is 31.1 Å². The van der Waals surface area contributed by atoms with Gasteiger partial charge < -0.3 is 14.8 Å². The fourth-order valence-electron chi connectivity index (χ4n) is 1.35. The van der Waals surface area contributed by atoms with Crippen molar-refractivity contribution in [3.05, 3.63) is 43.5 Å². The first-order valence-corrected chi connectivity index (χ1v) is 6.75. The van der Waals surface area contributed by atoms with Crippen LogP contribution >= 0.6 is 27.5 Å². The van der Waals surface area contributed by atoms with Gasteiger partial charge in [-0.25, -0.2) is 9.59 Å². The number of benzene rings is 1. The minimum absolute atomic E-state index is 0.0529. The Kier molecular flexibility index (Phi) is 6.32. The van der Waals surface area contributed by atoms with Crippen LogP contribution in [0.3, 0.4) is 0 Å². The number of ether oxygens (including phenoxy) is 2. The van der Waals surface area contributed by atoms with Crippen molar-refractivity contribution in [3.63, 3.8) is 0 Å². The fourth-order valence-corrected chi connectivity index (χ4v) is 2.18. The molecule has 1 aromatic rings. The van der Waals surface area contributed by atoms with Crippen molar-refractivity contribution in [1.82, 2.24) is 0 Å². The van der Waals surface area contributed by atoms with Crippen LogP contribution in [0, 0.1) is 10.1 Å². The molecule has 0 spiro atoms. The summed E-state index contributed by atoms with van der Waals surface area (Å²) in [4.78, 5) is 33.1. The second-order valence-electron chi connectivity index (χ2n) is 3.74. The Morgan fingerprint density at radius 3 is 2.50 bits per heavy atom. The first-order valence-electron chi connectivity index (χ1n) is 5.58. The second kappa shape index (κ2) is 7.76. The number of carbonyl (C=O) groups excluding carboxylic acids is 2. The highest BCUT2D eigenvalue weighted by atomic mass is 79.9. The smallest absolute Gasteiger partial charge is 0.354 e. The zero-order valence-corrected chi connectivity index (χ0v) is 13.7. The molecular weight excluding hydrogens is 383 g/mol. The molecule has 10 heteroatoms. The molecule has 0 atom stereocenters. The van der Waals surface area contributed by atoms with Gasteiger partial charge in [-0.15, -0.1) is 0 Å². The van der Waals surface area contributed by atoms with Gasteiger partial charge in [0.25, 0.3) is 5.69 Å². The summed E-state index contributed by atoms with van der Waals surface area (Å²) in [6.07, 6.45) is 0.843. The number of anilines is 1. The first-order chi connectivity index (χ1) is 10.3. The number of halogens is 2. The summed E-state index contributed by atoms with van der Waals surface area (Å²) in [6, 6.07) is 2.40. The van der Waals surface area contributed by atoms with E-state index in [2.05, 4.69) is 30.7 Å². The molecule has 118 valence electrons. The second-order valence-corrected chi connectivity index (χ2v) is 5.00. The van der Waals surface area contributed by atoms with Crippen LogP contribution in [0.2, 0.25) is 5.02 Å². The van der Waals surface area contributed by atoms with Crippen molar-refractivity contribution in [1.29, 1.82) is 0 Å². The molecule has 0 radical (unpaired) electrons. The molecule has 8 nitrogen and oxygen atoms in total. The van der Waals surface area contributed by atoms with Crippen LogP contribution in [0.25, 0.3) is 0 Å². The van der Waals surface area contributed by atoms with E-state index in [9.17, 15) is 19.7 Å². The van der Waals surface area contributed by atoms with Crippen LogP contribution in [-0.2, 0) is 19.1 Å². The number of nitro benzene ring substituents is 1. The Bertz CT molecular complexity index is 661. The molecule has 0 bridgehead atoms. The molecule has 0 unspecified atom stereocenters. The minimum Gasteiger partial charge on any atom is -0.466 e. The molecule has 0 heterocycles. The summed E-state index contributed by atoms with van der Waals surface area (Å²) in [6.45, 7) is 0. The monoisotopic (exact) mass is 392 g/mol. The third-order valence-corrected chi connectivity index (χ3v) is 3.32. The predicted molar refractivity (Wildman–Crippen MR) is 81.5 cm³/mol. The molecule has 0 fully saturated rings. The summed E-state index contributed by atoms with van der Waals surface area (Å²) in [7, 11) is 2.24. The number of hydrogen-bond acceptors (Lipinski definition) is 7. The van der Waals surface area contributed by atoms with Gasteiger partial charge in [0.15, 0.2) is 0 Å². The Hall–Kier alpha value is -2.13. The van der Waals surface area contributed by atoms with E-state index in [0.29, 0.717) is 0 Å². The lowest BCUT2D eigenvalue weighted by Crippen LogP contribution is -2.15. The molecule has 22 heavy (non-hydrogen) atoms. The summed E-state index contributed by atoms with van der Waals surface area (Å²) >= 11 is 8.97. The van der Waals surface area contributed by atoms with Crippen molar-refractivity contribution < 1.29 is 24.0 Å². The van der Waals surface area contributed by atoms with Gasteiger partial charge in [-0.2, -0.15) is 0 Å². The van der Waals surface area contributed by atoms with Crippen molar-refractivity contribution >= 4 is 50.8 Å². The third kappa shape index (κ3) is 4.43. The number of methoxy groups -OCH3 is 2. The van der Waals surface area contributed by atoms with Gasteiger partial charge in [0.2, 0.25) is 0 Å². The fraction of sp³-hybridized carbons (Fsp3) is 0.167. The standard InChI is InChI=1S/C12H10BrClN2O6/c1-21-11(17)5-9(12(18)22-2)15-8-4-10(16(19)20)6(13)3-7(8)14/h3-5,15H,1-2H3/b9-5+. The number of nitrogens with one attached hydrogen (secondary N) is 1. The Balaban J connectivity index is 3.26. The minimum atomic E-state index is -0.868. The van der Waals surface area contributed by atoms with Gasteiger partial charge in [-0.1, -0.05) is 11.6 Å². The van der Waals surface area contributed by atoms with E-state index in [1.165, 1.54) is 6.07 Å². The molecule has 0 aliphatic carbocycles. The number of nitro groups is 1. The zero-order chi connectivity index (χ0) is 16.9. The molecule has 0 aliphatic rings. The lowest BCUT2D eigenvalue weighted by Gasteiger charge is -2.11. The number of nitrogens with zero attached hydrogens (tertiary/aromatic N) is 1. The Morgan fingerprint density at radius 2 is 2.00 bits per heavy atom. The van der Waals surface area contributed by atoms with Crippen molar-refractivity contribution in [2.75, 3.05) is 19.5 Å². The predicted octanol–water partition coefficient (Wildman–Crippen LogP) is 2.65. The van der Waals surface area contributed by atoms with E-state index < -0.39 is 16.9 Å². The lowest BCUT2D eigenvalue weighted by molar-refractivity contribution is -0.385. The van der Waals surface area contributed by atoms with Crippen LogP contribution in [0.5, 0.6) is 0 Å². The Morgan fingerprint density at radius 1 is 1.36 bits per heavy atom. The van der Waals surface area contributed by atoms with E-state index in [1.54, 1.807) is 0 Å². The number of rotatable bonds is 5. The van der Waals surface area contributed by atoms with Gasteiger partial charge >= 0.3 is 11.9 Å². The molecular formula is C12H10BrClN2O6. The van der Waals surface area contributed by atoms with Crippen LogP contribution in [0.4, 0.5) is 11.4 Å². The third-order valence-electron chi connectivity index (χ3n) is 2.37. The summed E-state index contributed by atoms with van der Waals surface area (Å²) in [5, 5.41) is 13.5. The van der Waals surface area contributed by atoms with Crippen LogP contribution in [0.1, 0.15) is 0 Å². The molecule has 0 saturated carbocycles. The summed E-state index contributed by atoms with van der Waals surface area (Å²) in [5.41, 5.74) is -0.501. The van der Waals surface area contributed by atoms with Crippen LogP contribution < -0.4 is 5.32 Å². The topological polar surface area (TPSA) is 108 Å². The van der Waals surface area contributed by atoms with Crippen molar-refractivity contribution in [2.24, 2.45) is 0 Å². The average molecular weight is 394 g/mol. The van der Waals surface area contributed by atoms with E-state index in [1.807, 2.05) is 0 Å². The highest BCUT2D eigenvalue weighted by molar-refractivity contribution is 9.10. The lowest BCUT2D eigenvalue weighted by atomic mass is 10.2. The quantitative estimate of drug-likeness (QED) is 0.354. The van der Waals surface area contributed by atoms with E-state index in [0.717, 1.165) is 26.4 Å². The highest BCUT2D eigenvalue weighted by Crippen LogP contribution is 2.34. The average Bonchev–Trinajstić information content (AvgIpc) is 2.47. The molecule has 0 aromatic heterocycles. The van der Waals surface area contributed by atoms with E-state index >= 15 is 0 Å². The first kappa shape index (κ1) is 17.9. The normalized spacial score (nSPS) is 10.8. The summed E-state index contributed by atoms with van der Waals surface area (Å²) < 4.78 is 9.09. The summed E-state index contributed by atoms with van der Waals surface area (Å²) in [5.74, 6) is -1.68. The molecule has 1 rings (SSSR count). The van der Waals surface area contributed by atoms with Gasteiger partial charge in [-0.05, 0) is 22.0 Å². The van der Waals surface area contributed by atoms with Crippen molar-refractivity contribution in [2.45, 2.75) is 0 Å². The zero-order valence-electron chi connectivity index (χ0n) is 11.4. The van der Waals surface area contributed by atoms with Gasteiger partial charge in [0.05, 0.1) is 40.4 Å².